The smallest absolute Gasteiger partial charge is 0.318 e. The van der Waals surface area contributed by atoms with Gasteiger partial charge in [0.1, 0.15) is 17.4 Å². The summed E-state index contributed by atoms with van der Waals surface area (Å²) >= 11 is 0. The van der Waals surface area contributed by atoms with E-state index in [0.717, 1.165) is 11.1 Å². The van der Waals surface area contributed by atoms with Gasteiger partial charge >= 0.3 is 5.97 Å². The fraction of sp³-hybridized carbons (Fsp3) is 0.333. The fourth-order valence-electron chi connectivity index (χ4n) is 2.93. The highest BCUT2D eigenvalue weighted by molar-refractivity contribution is 5.89. The summed E-state index contributed by atoms with van der Waals surface area (Å²) in [5.41, 5.74) is 1.08. The maximum Gasteiger partial charge on any atom is 0.318 e. The van der Waals surface area contributed by atoms with E-state index in [1.54, 1.807) is 6.92 Å². The van der Waals surface area contributed by atoms with E-state index < -0.39 is 23.5 Å². The quantitative estimate of drug-likeness (QED) is 0.853. The van der Waals surface area contributed by atoms with Gasteiger partial charge in [0.25, 0.3) is 5.91 Å². The van der Waals surface area contributed by atoms with Crippen LogP contribution in [-0.4, -0.2) is 23.5 Å². The minimum absolute atomic E-state index is 0.320. The minimum Gasteiger partial charge on any atom is -0.457 e. The summed E-state index contributed by atoms with van der Waals surface area (Å²) in [5.74, 6) is -0.162. The Kier molecular flexibility index (Phi) is 4.72. The molecule has 0 aliphatic carbocycles. The molecule has 2 aromatic carbocycles. The van der Waals surface area contributed by atoms with Crippen LogP contribution in [0.1, 0.15) is 44.7 Å². The van der Waals surface area contributed by atoms with Gasteiger partial charge in [0.2, 0.25) is 0 Å². The summed E-state index contributed by atoms with van der Waals surface area (Å²) < 4.78 is 11.4. The zero-order chi connectivity index (χ0) is 18.9. The first-order valence-electron chi connectivity index (χ1n) is 8.64. The molecule has 0 bridgehead atoms. The second-order valence-corrected chi connectivity index (χ2v) is 7.43. The summed E-state index contributed by atoms with van der Waals surface area (Å²) in [6.07, 6.45) is -0.885. The van der Waals surface area contributed by atoms with Gasteiger partial charge in [0.15, 0.2) is 6.10 Å². The monoisotopic (exact) mass is 353 g/mol. The van der Waals surface area contributed by atoms with Crippen LogP contribution in [0.4, 0.5) is 0 Å². The molecule has 5 nitrogen and oxygen atoms in total. The fourth-order valence-corrected chi connectivity index (χ4v) is 2.93. The van der Waals surface area contributed by atoms with Crippen LogP contribution in [0.2, 0.25) is 0 Å². The second kappa shape index (κ2) is 6.83. The van der Waals surface area contributed by atoms with E-state index in [1.807, 2.05) is 69.3 Å². The number of carbonyl (C=O) groups excluding carboxylic acids is 2. The third-order valence-electron chi connectivity index (χ3n) is 4.08. The highest BCUT2D eigenvalue weighted by atomic mass is 16.5. The first-order chi connectivity index (χ1) is 12.3. The normalized spacial score (nSPS) is 14.5. The van der Waals surface area contributed by atoms with E-state index in [4.69, 9.17) is 9.47 Å². The molecular weight excluding hydrogens is 330 g/mol. The van der Waals surface area contributed by atoms with Gasteiger partial charge in [-0.3, -0.25) is 9.59 Å². The number of benzene rings is 2. The molecule has 5 heteroatoms. The number of para-hydroxylation sites is 2. The van der Waals surface area contributed by atoms with Crippen LogP contribution in [-0.2, 0) is 14.3 Å². The maximum absolute atomic E-state index is 12.9. The lowest BCUT2D eigenvalue weighted by Crippen LogP contribution is -2.46. The number of ether oxygens (including phenoxy) is 2. The third kappa shape index (κ3) is 3.72. The van der Waals surface area contributed by atoms with Crippen molar-refractivity contribution in [2.45, 2.75) is 45.3 Å². The average molecular weight is 353 g/mol. The number of carbonyl (C=O) groups is 2. The third-order valence-corrected chi connectivity index (χ3v) is 4.08. The molecular formula is C21H23NO4. The molecule has 0 saturated heterocycles. The van der Waals surface area contributed by atoms with E-state index in [2.05, 4.69) is 5.32 Å². The van der Waals surface area contributed by atoms with Crippen LogP contribution in [0.5, 0.6) is 11.5 Å². The molecule has 26 heavy (non-hydrogen) atoms. The van der Waals surface area contributed by atoms with Crippen molar-refractivity contribution in [2.24, 2.45) is 0 Å². The van der Waals surface area contributed by atoms with Crippen LogP contribution in [0.25, 0.3) is 0 Å². The minimum atomic E-state index is -0.885. The molecule has 0 spiro atoms. The van der Waals surface area contributed by atoms with Gasteiger partial charge in [-0.05, 0) is 39.8 Å². The van der Waals surface area contributed by atoms with Crippen molar-refractivity contribution in [2.75, 3.05) is 0 Å². The standard InChI is InChI=1S/C21H23NO4/c1-13(19(23)22-21(2,3)4)25-20(24)18-14-9-5-7-11-16(14)26-17-12-8-6-10-15(17)18/h5-13,18H,1-4H3,(H,22,23)/t13-/m0/s1. The molecule has 0 radical (unpaired) electrons. The Hall–Kier alpha value is -2.82. The van der Waals surface area contributed by atoms with Gasteiger partial charge in [-0.25, -0.2) is 0 Å². The molecule has 1 amide bonds. The van der Waals surface area contributed by atoms with Crippen molar-refractivity contribution in [3.05, 3.63) is 59.7 Å². The summed E-state index contributed by atoms with van der Waals surface area (Å²) in [4.78, 5) is 25.2. The second-order valence-electron chi connectivity index (χ2n) is 7.43. The molecule has 1 N–H and O–H groups in total. The summed E-state index contributed by atoms with van der Waals surface area (Å²) in [6.45, 7) is 7.22. The van der Waals surface area contributed by atoms with E-state index in [9.17, 15) is 9.59 Å². The van der Waals surface area contributed by atoms with Crippen molar-refractivity contribution in [3.63, 3.8) is 0 Å². The Morgan fingerprint density at radius 3 is 2.00 bits per heavy atom. The average Bonchev–Trinajstić information content (AvgIpc) is 2.57. The molecule has 1 aliphatic rings. The molecule has 0 fully saturated rings. The Labute approximate surface area is 153 Å². The number of fused-ring (bicyclic) bond motifs is 2. The van der Waals surface area contributed by atoms with E-state index in [0.29, 0.717) is 11.5 Å². The molecule has 3 rings (SSSR count). The topological polar surface area (TPSA) is 64.6 Å². The first-order valence-corrected chi connectivity index (χ1v) is 8.64. The van der Waals surface area contributed by atoms with Gasteiger partial charge in [0.05, 0.1) is 0 Å². The SMILES string of the molecule is C[C@H](OC(=O)C1c2ccccc2Oc2ccccc21)C(=O)NC(C)(C)C. The molecule has 1 aliphatic heterocycles. The number of hydrogen-bond donors (Lipinski definition) is 1. The van der Waals surface area contributed by atoms with Crippen LogP contribution >= 0.6 is 0 Å². The highest BCUT2D eigenvalue weighted by Gasteiger charge is 2.35. The molecule has 2 aromatic rings. The first kappa shape index (κ1) is 18.0. The largest absolute Gasteiger partial charge is 0.457 e. The van der Waals surface area contributed by atoms with Crippen LogP contribution in [0, 0.1) is 0 Å². The Morgan fingerprint density at radius 2 is 1.50 bits per heavy atom. The summed E-state index contributed by atoms with van der Waals surface area (Å²) in [6, 6.07) is 14.7. The molecule has 0 saturated carbocycles. The van der Waals surface area contributed by atoms with Crippen molar-refractivity contribution in [3.8, 4) is 11.5 Å². The Morgan fingerprint density at radius 1 is 1.00 bits per heavy atom. The zero-order valence-corrected chi connectivity index (χ0v) is 15.4. The molecule has 0 aromatic heterocycles. The van der Waals surface area contributed by atoms with Crippen LogP contribution < -0.4 is 10.1 Å². The predicted octanol–water partition coefficient (Wildman–Crippen LogP) is 3.77. The lowest BCUT2D eigenvalue weighted by molar-refractivity contribution is -0.156. The molecule has 0 unspecified atom stereocenters. The molecule has 1 atom stereocenters. The maximum atomic E-state index is 12.9. The molecule has 136 valence electrons. The lowest BCUT2D eigenvalue weighted by atomic mass is 9.88. The Bertz CT molecular complexity index is 792. The Balaban J connectivity index is 1.87. The number of nitrogens with one attached hydrogen (secondary N) is 1. The van der Waals surface area contributed by atoms with Crippen LogP contribution in [0.15, 0.2) is 48.5 Å². The van der Waals surface area contributed by atoms with Gasteiger partial charge in [-0.15, -0.1) is 0 Å². The van der Waals surface area contributed by atoms with Gasteiger partial charge in [-0.1, -0.05) is 36.4 Å². The van der Waals surface area contributed by atoms with E-state index in [1.165, 1.54) is 0 Å². The van der Waals surface area contributed by atoms with Gasteiger partial charge in [0, 0.05) is 16.7 Å². The van der Waals surface area contributed by atoms with Crippen molar-refractivity contribution in [1.29, 1.82) is 0 Å². The zero-order valence-electron chi connectivity index (χ0n) is 15.4. The van der Waals surface area contributed by atoms with E-state index in [-0.39, 0.29) is 5.91 Å². The highest BCUT2D eigenvalue weighted by Crippen LogP contribution is 2.44. The number of rotatable bonds is 3. The van der Waals surface area contributed by atoms with Crippen molar-refractivity contribution < 1.29 is 19.1 Å². The number of hydrogen-bond acceptors (Lipinski definition) is 4. The summed E-state index contributed by atoms with van der Waals surface area (Å²) in [7, 11) is 0. The van der Waals surface area contributed by atoms with Gasteiger partial charge < -0.3 is 14.8 Å². The van der Waals surface area contributed by atoms with Crippen molar-refractivity contribution >= 4 is 11.9 Å². The van der Waals surface area contributed by atoms with Gasteiger partial charge in [-0.2, -0.15) is 0 Å². The number of esters is 1. The summed E-state index contributed by atoms with van der Waals surface area (Å²) in [5, 5.41) is 2.82. The van der Waals surface area contributed by atoms with E-state index >= 15 is 0 Å². The van der Waals surface area contributed by atoms with Crippen LogP contribution in [0.3, 0.4) is 0 Å². The number of amides is 1. The lowest BCUT2D eigenvalue weighted by Gasteiger charge is -2.28. The predicted molar refractivity (Wildman–Crippen MR) is 98.3 cm³/mol. The molecule has 1 heterocycles. The van der Waals surface area contributed by atoms with Crippen molar-refractivity contribution in [1.82, 2.24) is 5.32 Å².